The summed E-state index contributed by atoms with van der Waals surface area (Å²) < 4.78 is 13.8. The first kappa shape index (κ1) is 12.4. The van der Waals surface area contributed by atoms with E-state index in [0.717, 1.165) is 4.47 Å². The van der Waals surface area contributed by atoms with Crippen LogP contribution in [0.2, 0.25) is 0 Å². The maximum absolute atomic E-state index is 12.9. The molecule has 0 spiro atoms. The molecule has 90 valence electrons. The largest absolute Gasteiger partial charge is 0.397 e. The summed E-state index contributed by atoms with van der Waals surface area (Å²) in [6.45, 7) is 0. The summed E-state index contributed by atoms with van der Waals surface area (Å²) in [6, 6.07) is 11.4. The van der Waals surface area contributed by atoms with Gasteiger partial charge in [0.1, 0.15) is 11.9 Å². The van der Waals surface area contributed by atoms with Gasteiger partial charge in [-0.3, -0.25) is 0 Å². The third-order valence-electron chi connectivity index (χ3n) is 2.39. The number of halogens is 2. The molecule has 2 aromatic rings. The minimum absolute atomic E-state index is 0.291. The van der Waals surface area contributed by atoms with Gasteiger partial charge in [-0.15, -0.1) is 0 Å². The molecule has 0 radical (unpaired) electrons. The number of benzene rings is 2. The van der Waals surface area contributed by atoms with Crippen LogP contribution in [0.15, 0.2) is 40.9 Å². The van der Waals surface area contributed by atoms with E-state index in [4.69, 9.17) is 11.0 Å². The molecule has 0 fully saturated rings. The number of rotatable bonds is 2. The van der Waals surface area contributed by atoms with Gasteiger partial charge in [-0.05, 0) is 36.4 Å². The van der Waals surface area contributed by atoms with Crippen LogP contribution in [0.25, 0.3) is 0 Å². The number of nitrogens with two attached hydrogens (primary N) is 1. The van der Waals surface area contributed by atoms with E-state index in [9.17, 15) is 4.39 Å². The van der Waals surface area contributed by atoms with Crippen LogP contribution in [-0.2, 0) is 0 Å². The fourth-order valence-electron chi connectivity index (χ4n) is 1.51. The van der Waals surface area contributed by atoms with E-state index in [-0.39, 0.29) is 0 Å². The predicted molar refractivity (Wildman–Crippen MR) is 73.0 cm³/mol. The molecule has 0 amide bonds. The van der Waals surface area contributed by atoms with Crippen LogP contribution in [0.3, 0.4) is 0 Å². The molecule has 2 rings (SSSR count). The average Bonchev–Trinajstić information content (AvgIpc) is 2.33. The molecular weight excluding hydrogens is 297 g/mol. The van der Waals surface area contributed by atoms with Crippen LogP contribution in [0.5, 0.6) is 0 Å². The Labute approximate surface area is 112 Å². The lowest BCUT2D eigenvalue weighted by atomic mass is 10.2. The number of hydrogen-bond acceptors (Lipinski definition) is 3. The van der Waals surface area contributed by atoms with Crippen molar-refractivity contribution in [1.82, 2.24) is 0 Å². The summed E-state index contributed by atoms with van der Waals surface area (Å²) >= 11 is 3.33. The third kappa shape index (κ3) is 2.60. The Bertz CT molecular complexity index is 635. The van der Waals surface area contributed by atoms with Crippen molar-refractivity contribution in [2.75, 3.05) is 11.1 Å². The molecule has 3 nitrogen and oxygen atoms in total. The second kappa shape index (κ2) is 5.07. The van der Waals surface area contributed by atoms with Gasteiger partial charge in [0.25, 0.3) is 0 Å². The lowest BCUT2D eigenvalue weighted by Crippen LogP contribution is -1.98. The molecule has 0 aliphatic rings. The quantitative estimate of drug-likeness (QED) is 0.830. The molecule has 0 heterocycles. The smallest absolute Gasteiger partial charge is 0.125 e. The zero-order chi connectivity index (χ0) is 13.1. The second-order valence-electron chi connectivity index (χ2n) is 3.66. The van der Waals surface area contributed by atoms with Gasteiger partial charge in [0, 0.05) is 4.47 Å². The Hall–Kier alpha value is -2.06. The van der Waals surface area contributed by atoms with E-state index in [2.05, 4.69) is 27.3 Å². The molecule has 0 saturated heterocycles. The van der Waals surface area contributed by atoms with Crippen LogP contribution in [0.1, 0.15) is 5.56 Å². The monoisotopic (exact) mass is 305 g/mol. The minimum atomic E-state index is -0.396. The number of nitriles is 1. The van der Waals surface area contributed by atoms with Crippen molar-refractivity contribution >= 4 is 33.0 Å². The molecule has 0 aliphatic carbocycles. The first-order valence-corrected chi connectivity index (χ1v) is 5.91. The molecule has 0 aliphatic heterocycles. The van der Waals surface area contributed by atoms with Gasteiger partial charge in [0.2, 0.25) is 0 Å². The lowest BCUT2D eigenvalue weighted by molar-refractivity contribution is 0.628. The van der Waals surface area contributed by atoms with Crippen LogP contribution < -0.4 is 11.1 Å². The van der Waals surface area contributed by atoms with Crippen LogP contribution in [0, 0.1) is 17.1 Å². The number of nitrogen functional groups attached to an aromatic ring is 1. The van der Waals surface area contributed by atoms with E-state index in [1.807, 2.05) is 0 Å². The highest BCUT2D eigenvalue weighted by Crippen LogP contribution is 2.28. The summed E-state index contributed by atoms with van der Waals surface area (Å²) in [7, 11) is 0. The Kier molecular flexibility index (Phi) is 3.49. The fourth-order valence-corrected chi connectivity index (χ4v) is 1.87. The van der Waals surface area contributed by atoms with Gasteiger partial charge in [0.15, 0.2) is 0 Å². The molecule has 0 saturated carbocycles. The van der Waals surface area contributed by atoms with Crippen molar-refractivity contribution < 1.29 is 4.39 Å². The van der Waals surface area contributed by atoms with Crippen molar-refractivity contribution in [3.8, 4) is 6.07 Å². The van der Waals surface area contributed by atoms with Crippen molar-refractivity contribution in [1.29, 1.82) is 5.26 Å². The Morgan fingerprint density at radius 3 is 2.61 bits per heavy atom. The maximum Gasteiger partial charge on any atom is 0.125 e. The highest BCUT2D eigenvalue weighted by atomic mass is 79.9. The highest BCUT2D eigenvalue weighted by molar-refractivity contribution is 9.10. The van der Waals surface area contributed by atoms with Crippen molar-refractivity contribution in [2.24, 2.45) is 0 Å². The van der Waals surface area contributed by atoms with Crippen LogP contribution in [0.4, 0.5) is 21.5 Å². The topological polar surface area (TPSA) is 61.8 Å². The summed E-state index contributed by atoms with van der Waals surface area (Å²) in [4.78, 5) is 0. The molecule has 2 aromatic carbocycles. The third-order valence-corrected chi connectivity index (χ3v) is 2.88. The fraction of sp³-hybridized carbons (Fsp3) is 0. The molecule has 0 unspecified atom stereocenters. The Morgan fingerprint density at radius 1 is 1.17 bits per heavy atom. The van der Waals surface area contributed by atoms with Crippen molar-refractivity contribution in [3.05, 3.63) is 52.3 Å². The molecule has 0 aromatic heterocycles. The van der Waals surface area contributed by atoms with E-state index in [0.29, 0.717) is 22.6 Å². The van der Waals surface area contributed by atoms with Gasteiger partial charge in [-0.2, -0.15) is 5.26 Å². The van der Waals surface area contributed by atoms with Gasteiger partial charge in [0.05, 0.1) is 22.6 Å². The number of nitrogens with zero attached hydrogens (tertiary/aromatic N) is 1. The van der Waals surface area contributed by atoms with E-state index in [1.165, 1.54) is 18.2 Å². The number of hydrogen-bond donors (Lipinski definition) is 2. The first-order valence-electron chi connectivity index (χ1n) is 5.12. The first-order chi connectivity index (χ1) is 8.60. The van der Waals surface area contributed by atoms with Crippen LogP contribution in [-0.4, -0.2) is 0 Å². The summed E-state index contributed by atoms with van der Waals surface area (Å²) in [5.41, 5.74) is 7.66. The minimum Gasteiger partial charge on any atom is -0.397 e. The summed E-state index contributed by atoms with van der Waals surface area (Å²) in [5.74, 6) is -0.396. The van der Waals surface area contributed by atoms with Gasteiger partial charge in [-0.25, -0.2) is 4.39 Å². The highest BCUT2D eigenvalue weighted by Gasteiger charge is 2.06. The van der Waals surface area contributed by atoms with Crippen molar-refractivity contribution in [3.63, 3.8) is 0 Å². The number of anilines is 3. The number of nitrogens with one attached hydrogen (secondary N) is 1. The molecule has 0 atom stereocenters. The molecule has 18 heavy (non-hydrogen) atoms. The van der Waals surface area contributed by atoms with E-state index in [1.54, 1.807) is 18.2 Å². The molecular formula is C13H9BrFN3. The molecule has 0 bridgehead atoms. The zero-order valence-electron chi connectivity index (χ0n) is 9.24. The normalized spacial score (nSPS) is 9.83. The van der Waals surface area contributed by atoms with Gasteiger partial charge in [-0.1, -0.05) is 15.9 Å². The van der Waals surface area contributed by atoms with E-state index < -0.39 is 5.82 Å². The lowest BCUT2D eigenvalue weighted by Gasteiger charge is -2.11. The van der Waals surface area contributed by atoms with Crippen molar-refractivity contribution in [2.45, 2.75) is 0 Å². The Morgan fingerprint density at radius 2 is 1.94 bits per heavy atom. The van der Waals surface area contributed by atoms with E-state index >= 15 is 0 Å². The standard InChI is InChI=1S/C13H9BrFN3/c14-9-2-1-8(7-16)13(5-9)18-12-4-3-10(15)6-11(12)17/h1-6,18H,17H2. The summed E-state index contributed by atoms with van der Waals surface area (Å²) in [5, 5.41) is 12.0. The Balaban J connectivity index is 2.40. The second-order valence-corrected chi connectivity index (χ2v) is 4.57. The average molecular weight is 306 g/mol. The predicted octanol–water partition coefficient (Wildman–Crippen LogP) is 3.79. The van der Waals surface area contributed by atoms with Gasteiger partial charge >= 0.3 is 0 Å². The SMILES string of the molecule is N#Cc1ccc(Br)cc1Nc1ccc(F)cc1N. The molecule has 3 N–H and O–H groups in total. The zero-order valence-corrected chi connectivity index (χ0v) is 10.8. The van der Waals surface area contributed by atoms with Crippen LogP contribution >= 0.6 is 15.9 Å². The summed E-state index contributed by atoms with van der Waals surface area (Å²) in [6.07, 6.45) is 0. The molecule has 5 heteroatoms. The van der Waals surface area contributed by atoms with Gasteiger partial charge < -0.3 is 11.1 Å². The maximum atomic E-state index is 12.9.